The van der Waals surface area contributed by atoms with Gasteiger partial charge in [-0.25, -0.2) is 0 Å². The summed E-state index contributed by atoms with van der Waals surface area (Å²) >= 11 is 0. The number of carbonyl (C=O) groups is 2. The highest BCUT2D eigenvalue weighted by Gasteiger charge is 2.49. The second kappa shape index (κ2) is 6.05. The number of furan rings is 1. The van der Waals surface area contributed by atoms with Crippen LogP contribution >= 0.6 is 0 Å². The Morgan fingerprint density at radius 2 is 1.86 bits per heavy atom. The predicted molar refractivity (Wildman–Crippen MR) is 78.6 cm³/mol. The van der Waals surface area contributed by atoms with Crippen molar-refractivity contribution < 1.29 is 19.1 Å². The summed E-state index contributed by atoms with van der Waals surface area (Å²) in [5, 5.41) is 9.01. The quantitative estimate of drug-likeness (QED) is 0.889. The molecular weight excluding hydrogens is 282 g/mol. The molecule has 0 radical (unpaired) electrons. The normalized spacial score (nSPS) is 19.6. The van der Waals surface area contributed by atoms with Gasteiger partial charge in [0.2, 0.25) is 5.91 Å². The molecule has 1 amide bonds. The number of amides is 1. The topological polar surface area (TPSA) is 70.8 Å². The summed E-state index contributed by atoms with van der Waals surface area (Å²) in [4.78, 5) is 25.2. The minimum absolute atomic E-state index is 0.118. The third kappa shape index (κ3) is 3.19. The summed E-state index contributed by atoms with van der Waals surface area (Å²) in [6, 6.07) is 13.2. The summed E-state index contributed by atoms with van der Waals surface area (Å²) in [5.41, 5.74) is 1.01. The van der Waals surface area contributed by atoms with Gasteiger partial charge in [0.05, 0.1) is 24.6 Å². The molecule has 1 saturated carbocycles. The molecule has 1 aliphatic carbocycles. The first-order chi connectivity index (χ1) is 10.6. The molecule has 2 atom stereocenters. The maximum atomic E-state index is 12.6. The zero-order valence-electron chi connectivity index (χ0n) is 12.0. The number of carboxylic acids is 1. The Labute approximate surface area is 128 Å². The maximum absolute atomic E-state index is 12.6. The fourth-order valence-electron chi connectivity index (χ4n) is 2.58. The van der Waals surface area contributed by atoms with Crippen LogP contribution in [0.25, 0.3) is 0 Å². The monoisotopic (exact) mass is 299 g/mol. The summed E-state index contributed by atoms with van der Waals surface area (Å²) in [6.45, 7) is 0.798. The average molecular weight is 299 g/mol. The van der Waals surface area contributed by atoms with Gasteiger partial charge in [-0.3, -0.25) is 9.59 Å². The Morgan fingerprint density at radius 1 is 1.09 bits per heavy atom. The SMILES string of the molecule is O=C(O)[C@@H]1C[C@H]1C(=O)N(Cc1ccccc1)Cc1ccco1. The van der Waals surface area contributed by atoms with Crippen molar-refractivity contribution in [3.05, 3.63) is 60.1 Å². The summed E-state index contributed by atoms with van der Waals surface area (Å²) in [7, 11) is 0. The lowest BCUT2D eigenvalue weighted by atomic mass is 10.2. The van der Waals surface area contributed by atoms with Gasteiger partial charge in [0.15, 0.2) is 0 Å². The molecule has 3 rings (SSSR count). The minimum atomic E-state index is -0.893. The van der Waals surface area contributed by atoms with Crippen molar-refractivity contribution in [3.8, 4) is 0 Å². The van der Waals surface area contributed by atoms with Crippen LogP contribution < -0.4 is 0 Å². The zero-order valence-corrected chi connectivity index (χ0v) is 12.0. The number of benzene rings is 1. The number of aliphatic carboxylic acids is 1. The highest BCUT2D eigenvalue weighted by molar-refractivity contribution is 5.89. The first-order valence-electron chi connectivity index (χ1n) is 7.23. The lowest BCUT2D eigenvalue weighted by molar-refractivity contribution is -0.142. The minimum Gasteiger partial charge on any atom is -0.481 e. The van der Waals surface area contributed by atoms with Crippen molar-refractivity contribution in [1.82, 2.24) is 4.90 Å². The Bertz CT molecular complexity index is 651. The van der Waals surface area contributed by atoms with Crippen molar-refractivity contribution >= 4 is 11.9 Å². The van der Waals surface area contributed by atoms with E-state index in [-0.39, 0.29) is 5.91 Å². The van der Waals surface area contributed by atoms with E-state index < -0.39 is 17.8 Å². The van der Waals surface area contributed by atoms with Crippen molar-refractivity contribution in [3.63, 3.8) is 0 Å². The van der Waals surface area contributed by atoms with Crippen LogP contribution in [0.5, 0.6) is 0 Å². The van der Waals surface area contributed by atoms with Crippen molar-refractivity contribution in [2.24, 2.45) is 11.8 Å². The van der Waals surface area contributed by atoms with Crippen molar-refractivity contribution in [2.45, 2.75) is 19.5 Å². The number of hydrogen-bond donors (Lipinski definition) is 1. The molecule has 1 heterocycles. The van der Waals surface area contributed by atoms with Gasteiger partial charge in [-0.1, -0.05) is 30.3 Å². The lowest BCUT2D eigenvalue weighted by Gasteiger charge is -2.22. The predicted octanol–water partition coefficient (Wildman–Crippen LogP) is 2.53. The molecule has 1 aliphatic rings. The Balaban J connectivity index is 1.74. The van der Waals surface area contributed by atoms with Gasteiger partial charge >= 0.3 is 5.97 Å². The first-order valence-corrected chi connectivity index (χ1v) is 7.23. The van der Waals surface area contributed by atoms with Gasteiger partial charge in [0.25, 0.3) is 0 Å². The molecule has 5 nitrogen and oxygen atoms in total. The van der Waals surface area contributed by atoms with E-state index in [0.29, 0.717) is 25.3 Å². The largest absolute Gasteiger partial charge is 0.481 e. The standard InChI is InChI=1S/C17H17NO4/c19-16(14-9-15(14)17(20)21)18(11-13-7-4-8-22-13)10-12-5-2-1-3-6-12/h1-8,14-15H,9-11H2,(H,20,21)/t14-,15-/m1/s1. The van der Waals surface area contributed by atoms with Gasteiger partial charge in [-0.15, -0.1) is 0 Å². The van der Waals surface area contributed by atoms with Gasteiger partial charge in [0.1, 0.15) is 5.76 Å². The van der Waals surface area contributed by atoms with Crippen molar-refractivity contribution in [1.29, 1.82) is 0 Å². The number of rotatable bonds is 6. The molecule has 0 bridgehead atoms. The molecule has 1 aromatic carbocycles. The number of nitrogens with zero attached hydrogens (tertiary/aromatic N) is 1. The van der Waals surface area contributed by atoms with E-state index in [0.717, 1.165) is 5.56 Å². The first kappa shape index (κ1) is 14.4. The Kier molecular flexibility index (Phi) is 3.96. The molecule has 1 aromatic heterocycles. The third-order valence-corrected chi connectivity index (χ3v) is 3.88. The van der Waals surface area contributed by atoms with Crippen molar-refractivity contribution in [2.75, 3.05) is 0 Å². The highest BCUT2D eigenvalue weighted by atomic mass is 16.4. The van der Waals surface area contributed by atoms with E-state index in [2.05, 4.69) is 0 Å². The van der Waals surface area contributed by atoms with Crippen LogP contribution in [0, 0.1) is 11.8 Å². The molecule has 1 fully saturated rings. The molecule has 22 heavy (non-hydrogen) atoms. The molecule has 114 valence electrons. The fourth-order valence-corrected chi connectivity index (χ4v) is 2.58. The van der Waals surface area contributed by atoms with Gasteiger partial charge in [-0.05, 0) is 24.1 Å². The summed E-state index contributed by atoms with van der Waals surface area (Å²) in [6.07, 6.45) is 2.00. The zero-order chi connectivity index (χ0) is 15.5. The number of carboxylic acid groups (broad SMARTS) is 1. The van der Waals surface area contributed by atoms with Gasteiger partial charge < -0.3 is 14.4 Å². The van der Waals surface area contributed by atoms with Crippen LogP contribution in [0.15, 0.2) is 53.1 Å². The van der Waals surface area contributed by atoms with E-state index >= 15 is 0 Å². The van der Waals surface area contributed by atoms with E-state index in [9.17, 15) is 9.59 Å². The second-order valence-electron chi connectivity index (χ2n) is 5.55. The molecule has 0 unspecified atom stereocenters. The Hall–Kier alpha value is -2.56. The van der Waals surface area contributed by atoms with Crippen LogP contribution in [0.4, 0.5) is 0 Å². The van der Waals surface area contributed by atoms with E-state index in [4.69, 9.17) is 9.52 Å². The van der Waals surface area contributed by atoms with Gasteiger partial charge in [-0.2, -0.15) is 0 Å². The fraction of sp³-hybridized carbons (Fsp3) is 0.294. The highest BCUT2D eigenvalue weighted by Crippen LogP contribution is 2.40. The molecule has 2 aromatic rings. The molecule has 0 aliphatic heterocycles. The molecule has 1 N–H and O–H groups in total. The summed E-state index contributed by atoms with van der Waals surface area (Å²) < 4.78 is 5.32. The lowest BCUT2D eigenvalue weighted by Crippen LogP contribution is -2.32. The van der Waals surface area contributed by atoms with Crippen LogP contribution in [0.1, 0.15) is 17.7 Å². The molecule has 5 heteroatoms. The number of hydrogen-bond acceptors (Lipinski definition) is 3. The van der Waals surface area contributed by atoms with E-state index in [1.54, 1.807) is 17.2 Å². The third-order valence-electron chi connectivity index (χ3n) is 3.88. The van der Waals surface area contributed by atoms with E-state index in [1.165, 1.54) is 0 Å². The number of carbonyl (C=O) groups excluding carboxylic acids is 1. The molecule has 0 saturated heterocycles. The van der Waals surface area contributed by atoms with Crippen LogP contribution in [-0.4, -0.2) is 21.9 Å². The smallest absolute Gasteiger partial charge is 0.307 e. The Morgan fingerprint density at radius 3 is 2.45 bits per heavy atom. The molecule has 0 spiro atoms. The maximum Gasteiger partial charge on any atom is 0.307 e. The molecular formula is C17H17NO4. The van der Waals surface area contributed by atoms with Gasteiger partial charge in [0, 0.05) is 6.54 Å². The van der Waals surface area contributed by atoms with Crippen LogP contribution in [-0.2, 0) is 22.7 Å². The second-order valence-corrected chi connectivity index (χ2v) is 5.55. The average Bonchev–Trinajstić information content (AvgIpc) is 3.17. The van der Waals surface area contributed by atoms with E-state index in [1.807, 2.05) is 36.4 Å². The van der Waals surface area contributed by atoms with Crippen LogP contribution in [0.3, 0.4) is 0 Å². The van der Waals surface area contributed by atoms with Crippen LogP contribution in [0.2, 0.25) is 0 Å². The summed E-state index contributed by atoms with van der Waals surface area (Å²) in [5.74, 6) is -1.26.